The molecule has 1 aromatic rings. The summed E-state index contributed by atoms with van der Waals surface area (Å²) in [6, 6.07) is 9.41. The molecule has 1 amide bonds. The standard InChI is InChI=1S/C19H25NO6/c1-3-25-18(23)16(19(24)26-4-2)15-14(12-21)11-20(17(15)22)10-13-8-6-5-7-9-13/h5-9,14-16,21H,3-4,10-12H2,1-2H3/t14-,15+/m0/s1. The third-order valence-corrected chi connectivity index (χ3v) is 4.45. The van der Waals surface area contributed by atoms with Gasteiger partial charge in [-0.1, -0.05) is 30.3 Å². The lowest BCUT2D eigenvalue weighted by atomic mass is 9.83. The van der Waals surface area contributed by atoms with Crippen LogP contribution in [0, 0.1) is 17.8 Å². The van der Waals surface area contributed by atoms with E-state index in [0.29, 0.717) is 6.54 Å². The molecule has 0 spiro atoms. The first kappa shape index (κ1) is 19.9. The molecule has 2 rings (SSSR count). The molecule has 0 aliphatic carbocycles. The lowest BCUT2D eigenvalue weighted by Gasteiger charge is -2.22. The molecule has 1 aliphatic rings. The summed E-state index contributed by atoms with van der Waals surface area (Å²) in [7, 11) is 0. The van der Waals surface area contributed by atoms with Crippen LogP contribution in [-0.4, -0.2) is 54.2 Å². The summed E-state index contributed by atoms with van der Waals surface area (Å²) in [4.78, 5) is 39.2. The van der Waals surface area contributed by atoms with E-state index in [4.69, 9.17) is 9.47 Å². The molecular formula is C19H25NO6. The van der Waals surface area contributed by atoms with Crippen molar-refractivity contribution in [2.45, 2.75) is 20.4 Å². The highest BCUT2D eigenvalue weighted by Gasteiger charge is 2.51. The van der Waals surface area contributed by atoms with Crippen LogP contribution in [-0.2, 0) is 30.4 Å². The molecule has 0 radical (unpaired) electrons. The number of rotatable bonds is 8. The van der Waals surface area contributed by atoms with Gasteiger partial charge in [-0.25, -0.2) is 0 Å². The van der Waals surface area contributed by atoms with E-state index in [1.807, 2.05) is 30.3 Å². The molecule has 26 heavy (non-hydrogen) atoms. The van der Waals surface area contributed by atoms with Crippen LogP contribution in [0.3, 0.4) is 0 Å². The van der Waals surface area contributed by atoms with Crippen LogP contribution in [0.25, 0.3) is 0 Å². The zero-order chi connectivity index (χ0) is 19.1. The maximum absolute atomic E-state index is 12.9. The molecule has 0 saturated carbocycles. The SMILES string of the molecule is CCOC(=O)C(C(=O)OCC)[C@@H]1C(=O)N(Cc2ccccc2)C[C@H]1CO. The predicted molar refractivity (Wildman–Crippen MR) is 92.7 cm³/mol. The highest BCUT2D eigenvalue weighted by Crippen LogP contribution is 2.33. The number of aliphatic hydroxyl groups is 1. The molecular weight excluding hydrogens is 338 g/mol. The molecule has 2 atom stereocenters. The van der Waals surface area contributed by atoms with E-state index in [0.717, 1.165) is 5.56 Å². The number of aliphatic hydroxyl groups excluding tert-OH is 1. The van der Waals surface area contributed by atoms with E-state index in [1.165, 1.54) is 0 Å². The maximum atomic E-state index is 12.9. The summed E-state index contributed by atoms with van der Waals surface area (Å²) in [6.07, 6.45) is 0. The quantitative estimate of drug-likeness (QED) is 0.547. The maximum Gasteiger partial charge on any atom is 0.321 e. The van der Waals surface area contributed by atoms with Gasteiger partial charge in [-0.05, 0) is 19.4 Å². The predicted octanol–water partition coefficient (Wildman–Crippen LogP) is 0.996. The molecule has 1 aliphatic heterocycles. The van der Waals surface area contributed by atoms with Crippen LogP contribution >= 0.6 is 0 Å². The Balaban J connectivity index is 2.26. The van der Waals surface area contributed by atoms with Crippen LogP contribution in [0.15, 0.2) is 30.3 Å². The van der Waals surface area contributed by atoms with Crippen molar-refractivity contribution in [3.8, 4) is 0 Å². The third-order valence-electron chi connectivity index (χ3n) is 4.45. The van der Waals surface area contributed by atoms with Gasteiger partial charge in [0.2, 0.25) is 5.91 Å². The largest absolute Gasteiger partial charge is 0.465 e. The Bertz CT molecular complexity index is 614. The zero-order valence-corrected chi connectivity index (χ0v) is 15.1. The highest BCUT2D eigenvalue weighted by molar-refractivity contribution is 6.00. The van der Waals surface area contributed by atoms with Crippen molar-refractivity contribution in [2.24, 2.45) is 17.8 Å². The van der Waals surface area contributed by atoms with Gasteiger partial charge in [0.05, 0.1) is 19.1 Å². The van der Waals surface area contributed by atoms with Crippen molar-refractivity contribution >= 4 is 17.8 Å². The zero-order valence-electron chi connectivity index (χ0n) is 15.1. The number of likely N-dealkylation sites (tertiary alicyclic amines) is 1. The minimum Gasteiger partial charge on any atom is -0.465 e. The number of amides is 1. The Hall–Kier alpha value is -2.41. The summed E-state index contributed by atoms with van der Waals surface area (Å²) < 4.78 is 9.97. The van der Waals surface area contributed by atoms with Gasteiger partial charge in [-0.3, -0.25) is 14.4 Å². The summed E-state index contributed by atoms with van der Waals surface area (Å²) in [6.45, 7) is 3.75. The third kappa shape index (κ3) is 4.40. The number of nitrogens with zero attached hydrogens (tertiary/aromatic N) is 1. The minimum absolute atomic E-state index is 0.0904. The topological polar surface area (TPSA) is 93.1 Å². The number of carbonyl (C=O) groups excluding carboxylic acids is 3. The van der Waals surface area contributed by atoms with Crippen molar-refractivity contribution in [3.05, 3.63) is 35.9 Å². The van der Waals surface area contributed by atoms with E-state index in [9.17, 15) is 19.5 Å². The Kier molecular flexibility index (Phi) is 7.15. The number of ether oxygens (including phenoxy) is 2. The summed E-state index contributed by atoms with van der Waals surface area (Å²) >= 11 is 0. The number of hydrogen-bond donors (Lipinski definition) is 1. The minimum atomic E-state index is -1.36. The molecule has 1 N–H and O–H groups in total. The van der Waals surface area contributed by atoms with Crippen LogP contribution in [0.5, 0.6) is 0 Å². The first-order valence-corrected chi connectivity index (χ1v) is 8.80. The van der Waals surface area contributed by atoms with Gasteiger partial charge in [-0.15, -0.1) is 0 Å². The molecule has 1 saturated heterocycles. The summed E-state index contributed by atoms with van der Waals surface area (Å²) in [5, 5.41) is 9.73. The highest BCUT2D eigenvalue weighted by atomic mass is 16.6. The van der Waals surface area contributed by atoms with E-state index in [-0.39, 0.29) is 32.3 Å². The van der Waals surface area contributed by atoms with Gasteiger partial charge in [0.1, 0.15) is 0 Å². The number of benzene rings is 1. The average Bonchev–Trinajstić information content (AvgIpc) is 2.93. The smallest absolute Gasteiger partial charge is 0.321 e. The van der Waals surface area contributed by atoms with E-state index < -0.39 is 29.7 Å². The second-order valence-electron chi connectivity index (χ2n) is 6.15. The van der Waals surface area contributed by atoms with Crippen molar-refractivity contribution in [1.29, 1.82) is 0 Å². The van der Waals surface area contributed by atoms with Gasteiger partial charge in [0.25, 0.3) is 0 Å². The molecule has 7 nitrogen and oxygen atoms in total. The molecule has 0 bridgehead atoms. The molecule has 7 heteroatoms. The monoisotopic (exact) mass is 363 g/mol. The van der Waals surface area contributed by atoms with Gasteiger partial charge in [0, 0.05) is 25.6 Å². The van der Waals surface area contributed by atoms with Gasteiger partial charge < -0.3 is 19.5 Å². The van der Waals surface area contributed by atoms with E-state index in [1.54, 1.807) is 18.7 Å². The second-order valence-corrected chi connectivity index (χ2v) is 6.15. The normalized spacial score (nSPS) is 19.7. The van der Waals surface area contributed by atoms with Crippen LogP contribution in [0.1, 0.15) is 19.4 Å². The average molecular weight is 363 g/mol. The fourth-order valence-electron chi connectivity index (χ4n) is 3.28. The lowest BCUT2D eigenvalue weighted by Crippen LogP contribution is -2.41. The van der Waals surface area contributed by atoms with Crippen molar-refractivity contribution < 1.29 is 29.0 Å². The first-order chi connectivity index (χ1) is 12.5. The number of hydrogen-bond acceptors (Lipinski definition) is 6. The molecule has 1 heterocycles. The fourth-order valence-corrected chi connectivity index (χ4v) is 3.28. The van der Waals surface area contributed by atoms with Crippen LogP contribution in [0.2, 0.25) is 0 Å². The van der Waals surface area contributed by atoms with Crippen molar-refractivity contribution in [1.82, 2.24) is 4.90 Å². The lowest BCUT2D eigenvalue weighted by molar-refractivity contribution is -0.167. The summed E-state index contributed by atoms with van der Waals surface area (Å²) in [5.74, 6) is -4.81. The number of esters is 2. The molecule has 1 fully saturated rings. The van der Waals surface area contributed by atoms with Gasteiger partial charge in [-0.2, -0.15) is 0 Å². The van der Waals surface area contributed by atoms with Gasteiger partial charge in [0.15, 0.2) is 5.92 Å². The van der Waals surface area contributed by atoms with E-state index in [2.05, 4.69) is 0 Å². The molecule has 0 aromatic heterocycles. The molecule has 142 valence electrons. The van der Waals surface area contributed by atoms with E-state index >= 15 is 0 Å². The Morgan fingerprint density at radius 2 is 1.73 bits per heavy atom. The first-order valence-electron chi connectivity index (χ1n) is 8.80. The molecule has 1 aromatic carbocycles. The summed E-state index contributed by atoms with van der Waals surface area (Å²) in [5.41, 5.74) is 0.932. The second kappa shape index (κ2) is 9.33. The van der Waals surface area contributed by atoms with Crippen molar-refractivity contribution in [2.75, 3.05) is 26.4 Å². The molecule has 0 unspecified atom stereocenters. The van der Waals surface area contributed by atoms with Crippen LogP contribution < -0.4 is 0 Å². The number of carbonyl (C=O) groups is 3. The fraction of sp³-hybridized carbons (Fsp3) is 0.526. The Labute approximate surface area is 152 Å². The Morgan fingerprint density at radius 1 is 1.15 bits per heavy atom. The van der Waals surface area contributed by atoms with Gasteiger partial charge >= 0.3 is 11.9 Å². The van der Waals surface area contributed by atoms with Crippen LogP contribution in [0.4, 0.5) is 0 Å². The Morgan fingerprint density at radius 3 is 2.23 bits per heavy atom. The van der Waals surface area contributed by atoms with Crippen molar-refractivity contribution in [3.63, 3.8) is 0 Å².